The molecular weight excluding hydrogens is 310 g/mol. The van der Waals surface area contributed by atoms with E-state index in [1.54, 1.807) is 55.6 Å². The SMILES string of the molecule is COCCOc1ccccc1C(=O)Nc1ccccc1C(=O)OC. The van der Waals surface area contributed by atoms with Crippen LogP contribution in [0.5, 0.6) is 5.75 Å². The molecule has 0 aliphatic rings. The number of methoxy groups -OCH3 is 2. The molecule has 0 unspecified atom stereocenters. The van der Waals surface area contributed by atoms with Crippen molar-refractivity contribution in [2.24, 2.45) is 0 Å². The number of amides is 1. The first-order valence-electron chi connectivity index (χ1n) is 7.37. The molecule has 0 heterocycles. The second-order valence-corrected chi connectivity index (χ2v) is 4.83. The molecule has 0 saturated heterocycles. The van der Waals surface area contributed by atoms with Crippen LogP contribution in [0.4, 0.5) is 5.69 Å². The second kappa shape index (κ2) is 8.69. The maximum atomic E-state index is 12.6. The minimum Gasteiger partial charge on any atom is -0.490 e. The number of ether oxygens (including phenoxy) is 3. The lowest BCUT2D eigenvalue weighted by Crippen LogP contribution is -2.17. The fraction of sp³-hybridized carbons (Fsp3) is 0.222. The van der Waals surface area contributed by atoms with Crippen LogP contribution in [-0.2, 0) is 9.47 Å². The number of carbonyl (C=O) groups is 2. The van der Waals surface area contributed by atoms with E-state index >= 15 is 0 Å². The van der Waals surface area contributed by atoms with Gasteiger partial charge in [-0.05, 0) is 24.3 Å². The van der Waals surface area contributed by atoms with Crippen LogP contribution >= 0.6 is 0 Å². The van der Waals surface area contributed by atoms with Crippen molar-refractivity contribution in [1.29, 1.82) is 0 Å². The third-order valence-corrected chi connectivity index (χ3v) is 3.26. The number of benzene rings is 2. The minimum atomic E-state index is -0.518. The van der Waals surface area contributed by atoms with Gasteiger partial charge in [0.15, 0.2) is 0 Å². The van der Waals surface area contributed by atoms with E-state index in [0.717, 1.165) is 0 Å². The third-order valence-electron chi connectivity index (χ3n) is 3.26. The molecule has 0 radical (unpaired) electrons. The average molecular weight is 329 g/mol. The molecule has 2 rings (SSSR count). The minimum absolute atomic E-state index is 0.283. The van der Waals surface area contributed by atoms with Gasteiger partial charge < -0.3 is 19.5 Å². The molecule has 2 aromatic rings. The molecule has 0 bridgehead atoms. The summed E-state index contributed by atoms with van der Waals surface area (Å²) in [6, 6.07) is 13.5. The molecule has 0 atom stereocenters. The summed E-state index contributed by atoms with van der Waals surface area (Å²) < 4.78 is 15.2. The summed E-state index contributed by atoms with van der Waals surface area (Å²) in [7, 11) is 2.87. The molecule has 2 aromatic carbocycles. The molecule has 0 fully saturated rings. The summed E-state index contributed by atoms with van der Waals surface area (Å²) in [5, 5.41) is 2.72. The highest BCUT2D eigenvalue weighted by atomic mass is 16.5. The molecule has 0 aliphatic heterocycles. The van der Waals surface area contributed by atoms with E-state index in [4.69, 9.17) is 14.2 Å². The Morgan fingerprint density at radius 2 is 1.58 bits per heavy atom. The van der Waals surface area contributed by atoms with E-state index in [1.165, 1.54) is 7.11 Å². The number of rotatable bonds is 7. The Labute approximate surface area is 140 Å². The molecule has 1 N–H and O–H groups in total. The number of carbonyl (C=O) groups excluding carboxylic acids is 2. The molecule has 126 valence electrons. The van der Waals surface area contributed by atoms with E-state index in [0.29, 0.717) is 30.2 Å². The Bertz CT molecular complexity index is 714. The van der Waals surface area contributed by atoms with Crippen molar-refractivity contribution in [2.45, 2.75) is 0 Å². The third kappa shape index (κ3) is 4.33. The van der Waals surface area contributed by atoms with Crippen LogP contribution in [-0.4, -0.2) is 39.3 Å². The standard InChI is InChI=1S/C18H19NO5/c1-22-11-12-24-16-10-6-4-8-14(16)17(20)19-15-9-5-3-7-13(15)18(21)23-2/h3-10H,11-12H2,1-2H3,(H,19,20). The van der Waals surface area contributed by atoms with Crippen molar-refractivity contribution in [3.05, 3.63) is 59.7 Å². The summed E-state index contributed by atoms with van der Waals surface area (Å²) in [5.74, 6) is -0.447. The van der Waals surface area contributed by atoms with E-state index in [2.05, 4.69) is 5.32 Å². The fourth-order valence-corrected chi connectivity index (χ4v) is 2.08. The van der Waals surface area contributed by atoms with Crippen molar-refractivity contribution < 1.29 is 23.8 Å². The van der Waals surface area contributed by atoms with Crippen molar-refractivity contribution in [3.8, 4) is 5.75 Å². The lowest BCUT2D eigenvalue weighted by molar-refractivity contribution is 0.0602. The molecule has 24 heavy (non-hydrogen) atoms. The van der Waals surface area contributed by atoms with Gasteiger partial charge in [-0.1, -0.05) is 24.3 Å². The molecule has 6 nitrogen and oxygen atoms in total. The molecule has 6 heteroatoms. The number of para-hydroxylation sites is 2. The van der Waals surface area contributed by atoms with E-state index in [9.17, 15) is 9.59 Å². The van der Waals surface area contributed by atoms with Gasteiger partial charge >= 0.3 is 5.97 Å². The Hall–Kier alpha value is -2.86. The zero-order valence-electron chi connectivity index (χ0n) is 13.6. The molecule has 1 amide bonds. The first kappa shape index (κ1) is 17.5. The Morgan fingerprint density at radius 3 is 2.29 bits per heavy atom. The smallest absolute Gasteiger partial charge is 0.339 e. The topological polar surface area (TPSA) is 73.9 Å². The summed E-state index contributed by atoms with van der Waals surface area (Å²) >= 11 is 0. The van der Waals surface area contributed by atoms with Crippen LogP contribution in [0.25, 0.3) is 0 Å². The largest absolute Gasteiger partial charge is 0.490 e. The van der Waals surface area contributed by atoms with Crippen molar-refractivity contribution >= 4 is 17.6 Å². The first-order chi connectivity index (χ1) is 11.7. The van der Waals surface area contributed by atoms with Crippen molar-refractivity contribution in [1.82, 2.24) is 0 Å². The molecule has 0 aliphatic carbocycles. The van der Waals surface area contributed by atoms with Gasteiger partial charge in [0, 0.05) is 7.11 Å². The van der Waals surface area contributed by atoms with Gasteiger partial charge in [0.25, 0.3) is 5.91 Å². The second-order valence-electron chi connectivity index (χ2n) is 4.83. The highest BCUT2D eigenvalue weighted by Crippen LogP contribution is 2.22. The summed E-state index contributed by atoms with van der Waals surface area (Å²) in [6.45, 7) is 0.751. The summed E-state index contributed by atoms with van der Waals surface area (Å²) in [4.78, 5) is 24.3. The number of esters is 1. The van der Waals surface area contributed by atoms with Gasteiger partial charge in [-0.2, -0.15) is 0 Å². The lowest BCUT2D eigenvalue weighted by Gasteiger charge is -2.13. The van der Waals surface area contributed by atoms with E-state index in [1.807, 2.05) is 0 Å². The molecular formula is C18H19NO5. The van der Waals surface area contributed by atoms with Crippen LogP contribution in [0.3, 0.4) is 0 Å². The number of anilines is 1. The maximum Gasteiger partial charge on any atom is 0.339 e. The zero-order chi connectivity index (χ0) is 17.4. The van der Waals surface area contributed by atoms with Gasteiger partial charge in [0.1, 0.15) is 12.4 Å². The van der Waals surface area contributed by atoms with E-state index < -0.39 is 5.97 Å². The highest BCUT2D eigenvalue weighted by molar-refractivity contribution is 6.09. The Kier molecular flexibility index (Phi) is 6.33. The van der Waals surface area contributed by atoms with Gasteiger partial charge in [0.05, 0.1) is 30.5 Å². The van der Waals surface area contributed by atoms with Gasteiger partial charge in [0.2, 0.25) is 0 Å². The lowest BCUT2D eigenvalue weighted by atomic mass is 10.1. The normalized spacial score (nSPS) is 10.1. The van der Waals surface area contributed by atoms with Crippen molar-refractivity contribution in [2.75, 3.05) is 32.8 Å². The van der Waals surface area contributed by atoms with Crippen LogP contribution in [0.1, 0.15) is 20.7 Å². The van der Waals surface area contributed by atoms with Gasteiger partial charge in [-0.25, -0.2) is 4.79 Å². The molecule has 0 spiro atoms. The molecule has 0 saturated carbocycles. The average Bonchev–Trinajstić information content (AvgIpc) is 2.62. The Balaban J connectivity index is 2.20. The van der Waals surface area contributed by atoms with Crippen LogP contribution in [0, 0.1) is 0 Å². The van der Waals surface area contributed by atoms with Crippen molar-refractivity contribution in [3.63, 3.8) is 0 Å². The maximum absolute atomic E-state index is 12.6. The van der Waals surface area contributed by atoms with Gasteiger partial charge in [-0.15, -0.1) is 0 Å². The van der Waals surface area contributed by atoms with Crippen LogP contribution in [0.2, 0.25) is 0 Å². The number of nitrogens with one attached hydrogen (secondary N) is 1. The van der Waals surface area contributed by atoms with Crippen LogP contribution in [0.15, 0.2) is 48.5 Å². The highest BCUT2D eigenvalue weighted by Gasteiger charge is 2.16. The Morgan fingerprint density at radius 1 is 0.917 bits per heavy atom. The summed E-state index contributed by atoms with van der Waals surface area (Å²) in [6.07, 6.45) is 0. The number of hydrogen-bond donors (Lipinski definition) is 1. The quantitative estimate of drug-likeness (QED) is 0.624. The summed E-state index contributed by atoms with van der Waals surface area (Å²) in [5.41, 5.74) is 1.03. The fourth-order valence-electron chi connectivity index (χ4n) is 2.08. The predicted octanol–water partition coefficient (Wildman–Crippen LogP) is 2.75. The monoisotopic (exact) mass is 329 g/mol. The first-order valence-corrected chi connectivity index (χ1v) is 7.37. The van der Waals surface area contributed by atoms with Crippen LogP contribution < -0.4 is 10.1 Å². The predicted molar refractivity (Wildman–Crippen MR) is 89.5 cm³/mol. The zero-order valence-corrected chi connectivity index (χ0v) is 13.6. The van der Waals surface area contributed by atoms with E-state index in [-0.39, 0.29) is 11.5 Å². The number of hydrogen-bond acceptors (Lipinski definition) is 5. The molecule has 0 aromatic heterocycles. The van der Waals surface area contributed by atoms with Gasteiger partial charge in [-0.3, -0.25) is 4.79 Å².